The first-order chi connectivity index (χ1) is 4.88. The monoisotopic (exact) mass is 532 g/mol. The number of benzene rings is 1. The van der Waals surface area contributed by atoms with Crippen LogP contribution in [0, 0.1) is 0 Å². The zero-order chi connectivity index (χ0) is 6.97. The van der Waals surface area contributed by atoms with E-state index in [1.165, 1.54) is 35.5 Å². The van der Waals surface area contributed by atoms with Crippen molar-refractivity contribution in [2.24, 2.45) is 0 Å². The van der Waals surface area contributed by atoms with E-state index < -0.39 is 0 Å². The van der Waals surface area contributed by atoms with Crippen LogP contribution in [0.1, 0.15) is 14.8 Å². The van der Waals surface area contributed by atoms with Crippen LogP contribution >= 0.6 is 0 Å². The van der Waals surface area contributed by atoms with Crippen molar-refractivity contribution in [3.63, 3.8) is 0 Å². The van der Waals surface area contributed by atoms with Crippen LogP contribution in [-0.4, -0.2) is 0 Å². The van der Waals surface area contributed by atoms with Crippen LogP contribution in [0.25, 0.3) is 6.08 Å². The molecule has 0 aliphatic heterocycles. The standard InChI is InChI=1S/C9H7.3BrH.Hf/c1-2-5-9-7-3-6-8(9)4-1;;;;/h1-7H;3*1H;/q;;;;+3/p-3. The summed E-state index contributed by atoms with van der Waals surface area (Å²) < 4.78 is 0.760. The van der Waals surface area contributed by atoms with Crippen molar-refractivity contribution in [2.45, 2.75) is 3.67 Å². The van der Waals surface area contributed by atoms with Gasteiger partial charge in [-0.25, -0.2) is 0 Å². The van der Waals surface area contributed by atoms with Crippen LogP contribution in [0.3, 0.4) is 0 Å². The van der Waals surface area contributed by atoms with Crippen molar-refractivity contribution >= 4 is 6.08 Å². The quantitative estimate of drug-likeness (QED) is 0.291. The molecule has 0 saturated carbocycles. The fraction of sp³-hybridized carbons (Fsp3) is 0.111. The summed E-state index contributed by atoms with van der Waals surface area (Å²) in [6, 6.07) is 8.64. The first-order valence-corrected chi connectivity index (χ1v) is 5.43. The van der Waals surface area contributed by atoms with Gasteiger partial charge in [-0.3, -0.25) is 0 Å². The van der Waals surface area contributed by atoms with Crippen LogP contribution < -0.4 is 50.9 Å². The van der Waals surface area contributed by atoms with E-state index in [-0.39, 0.29) is 50.9 Å². The van der Waals surface area contributed by atoms with Crippen LogP contribution in [0.2, 0.25) is 0 Å². The normalized spacial score (nSPS) is 16.3. The van der Waals surface area contributed by atoms with E-state index in [4.69, 9.17) is 0 Å². The first-order valence-electron chi connectivity index (χ1n) is 3.36. The van der Waals surface area contributed by atoms with Crippen molar-refractivity contribution in [1.82, 2.24) is 0 Å². The van der Waals surface area contributed by atoms with Gasteiger partial charge in [0.05, 0.1) is 0 Å². The Balaban J connectivity index is 0. The van der Waals surface area contributed by atoms with E-state index in [0.29, 0.717) is 0 Å². The topological polar surface area (TPSA) is 0 Å². The second kappa shape index (κ2) is 7.55. The minimum absolute atomic E-state index is 0. The Morgan fingerprint density at radius 1 is 1.00 bits per heavy atom. The number of allylic oxidation sites excluding steroid dienone is 1. The van der Waals surface area contributed by atoms with Crippen molar-refractivity contribution in [3.05, 3.63) is 41.5 Å². The molecule has 2 rings (SSSR count). The molecule has 0 heterocycles. The molecule has 0 nitrogen and oxygen atoms in total. The fourth-order valence-corrected chi connectivity index (χ4v) is 2.54. The predicted molar refractivity (Wildman–Crippen MR) is 38.2 cm³/mol. The van der Waals surface area contributed by atoms with Gasteiger partial charge >= 0.3 is 75.6 Å². The molecule has 1 aliphatic rings. The van der Waals surface area contributed by atoms with Gasteiger partial charge < -0.3 is 50.9 Å². The van der Waals surface area contributed by atoms with Gasteiger partial charge in [-0.1, -0.05) is 0 Å². The molecule has 0 N–H and O–H groups in total. The molecule has 0 spiro atoms. The SMILES string of the molecule is [Br-].[Br-].[Br-].[Hf+3][CH]1C=Cc2ccccc21. The van der Waals surface area contributed by atoms with E-state index in [9.17, 15) is 0 Å². The Morgan fingerprint density at radius 2 is 1.62 bits per heavy atom. The number of rotatable bonds is 0. The molecule has 4 heteroatoms. The Morgan fingerprint density at radius 3 is 2.23 bits per heavy atom. The number of hydrogen-bond acceptors (Lipinski definition) is 0. The predicted octanol–water partition coefficient (Wildman–Crippen LogP) is -6.69. The van der Waals surface area contributed by atoms with Gasteiger partial charge in [0.15, 0.2) is 0 Å². The molecule has 1 atom stereocenters. The number of hydrogen-bond donors (Lipinski definition) is 0. The van der Waals surface area contributed by atoms with E-state index in [1.807, 2.05) is 0 Å². The molecule has 1 unspecified atom stereocenters. The second-order valence-corrected chi connectivity index (χ2v) is 4.70. The zero-order valence-corrected chi connectivity index (χ0v) is 15.0. The molecular weight excluding hydrogens is 526 g/mol. The summed E-state index contributed by atoms with van der Waals surface area (Å²) in [4.78, 5) is 0. The third kappa shape index (κ3) is 3.73. The van der Waals surface area contributed by atoms with Crippen LogP contribution in [0.4, 0.5) is 0 Å². The van der Waals surface area contributed by atoms with Crippen molar-refractivity contribution in [2.75, 3.05) is 0 Å². The van der Waals surface area contributed by atoms with Gasteiger partial charge in [0, 0.05) is 0 Å². The van der Waals surface area contributed by atoms with E-state index in [0.717, 1.165) is 3.67 Å². The van der Waals surface area contributed by atoms with E-state index in [2.05, 4.69) is 36.4 Å². The fourth-order valence-electron chi connectivity index (χ4n) is 1.25. The van der Waals surface area contributed by atoms with Gasteiger partial charge in [-0.15, -0.1) is 0 Å². The zero-order valence-electron chi connectivity index (χ0n) is 6.68. The molecule has 1 aromatic rings. The summed E-state index contributed by atoms with van der Waals surface area (Å²) in [5.41, 5.74) is 2.94. The van der Waals surface area contributed by atoms with Crippen molar-refractivity contribution in [3.8, 4) is 0 Å². The Labute approximate surface area is 125 Å². The van der Waals surface area contributed by atoms with Crippen molar-refractivity contribution < 1.29 is 75.3 Å². The number of fused-ring (bicyclic) bond motifs is 1. The molecule has 1 aliphatic carbocycles. The summed E-state index contributed by atoms with van der Waals surface area (Å²) in [5, 5.41) is 0. The third-order valence-electron chi connectivity index (χ3n) is 1.80. The molecule has 0 aromatic heterocycles. The molecule has 0 radical (unpaired) electrons. The summed E-state index contributed by atoms with van der Waals surface area (Å²) >= 11 is 1.24. The Kier molecular flexibility index (Phi) is 9.69. The van der Waals surface area contributed by atoms with Crippen LogP contribution in [-0.2, 0) is 24.4 Å². The van der Waals surface area contributed by atoms with Gasteiger partial charge in [-0.2, -0.15) is 0 Å². The first kappa shape index (κ1) is 16.7. The van der Waals surface area contributed by atoms with Gasteiger partial charge in [-0.05, 0) is 0 Å². The summed E-state index contributed by atoms with van der Waals surface area (Å²) in [7, 11) is 0. The molecule has 0 fully saturated rings. The maximum absolute atomic E-state index is 2.30. The third-order valence-corrected chi connectivity index (χ3v) is 3.61. The van der Waals surface area contributed by atoms with Gasteiger partial charge in [0.2, 0.25) is 0 Å². The van der Waals surface area contributed by atoms with E-state index in [1.54, 1.807) is 0 Å². The summed E-state index contributed by atoms with van der Waals surface area (Å²) in [6.45, 7) is 0. The van der Waals surface area contributed by atoms with Gasteiger partial charge in [0.25, 0.3) is 0 Å². The second-order valence-electron chi connectivity index (χ2n) is 2.47. The minimum atomic E-state index is 0. The molecular formula is C9H7Br3Hf. The summed E-state index contributed by atoms with van der Waals surface area (Å²) in [5.74, 6) is 0. The van der Waals surface area contributed by atoms with E-state index >= 15 is 0 Å². The molecule has 0 amide bonds. The average molecular weight is 533 g/mol. The van der Waals surface area contributed by atoms with Crippen LogP contribution in [0.15, 0.2) is 30.3 Å². The maximum atomic E-state index is 2.30. The Bertz CT molecular complexity index is 286. The molecule has 0 bridgehead atoms. The molecule has 0 saturated heterocycles. The number of halogens is 3. The molecule has 1 aromatic carbocycles. The molecule has 13 heavy (non-hydrogen) atoms. The average Bonchev–Trinajstić information content (AvgIpc) is 2.34. The van der Waals surface area contributed by atoms with Crippen molar-refractivity contribution in [1.29, 1.82) is 0 Å². The van der Waals surface area contributed by atoms with Crippen LogP contribution in [0.5, 0.6) is 0 Å². The Hall–Kier alpha value is 1.27. The molecule has 68 valence electrons. The summed E-state index contributed by atoms with van der Waals surface area (Å²) in [6.07, 6.45) is 4.53. The van der Waals surface area contributed by atoms with Gasteiger partial charge in [0.1, 0.15) is 0 Å².